The Morgan fingerprint density at radius 2 is 1.94 bits per heavy atom. The second kappa shape index (κ2) is 7.20. The van der Waals surface area contributed by atoms with E-state index < -0.39 is 0 Å². The van der Waals surface area contributed by atoms with Crippen molar-refractivity contribution in [1.29, 1.82) is 0 Å². The number of hydrogen-bond donors (Lipinski definition) is 0. The van der Waals surface area contributed by atoms with E-state index in [1.165, 1.54) is 6.92 Å². The summed E-state index contributed by atoms with van der Waals surface area (Å²) in [5.41, 5.74) is 0. The van der Waals surface area contributed by atoms with E-state index in [1.54, 1.807) is 0 Å². The molecule has 0 fully saturated rings. The van der Waals surface area contributed by atoms with Crippen LogP contribution in [0.5, 0.6) is 0 Å². The molecule has 1 atom stereocenters. The van der Waals surface area contributed by atoms with Crippen LogP contribution in [0.4, 0.5) is 0 Å². The minimum Gasteiger partial charge on any atom is -0.462 e. The van der Waals surface area contributed by atoms with E-state index in [2.05, 4.69) is 12.2 Å². The first-order chi connectivity index (χ1) is 7.68. The van der Waals surface area contributed by atoms with Crippen molar-refractivity contribution in [2.24, 2.45) is 0 Å². The number of rotatable bonds is 4. The second-order valence-electron chi connectivity index (χ2n) is 4.29. The number of esters is 1. The van der Waals surface area contributed by atoms with Gasteiger partial charge in [-0.3, -0.25) is 4.79 Å². The fraction of sp³-hybridized carbons (Fsp3) is 0.692. The molecule has 0 aromatic heterocycles. The highest BCUT2D eigenvalue weighted by atomic mass is 16.5. The number of carbonyl (C=O) groups excluding carboxylic acids is 2. The number of ether oxygens (including phenoxy) is 1. The Morgan fingerprint density at radius 1 is 1.19 bits per heavy atom. The fourth-order valence-corrected chi connectivity index (χ4v) is 1.77. The molecule has 1 unspecified atom stereocenters. The van der Waals surface area contributed by atoms with Gasteiger partial charge in [0.2, 0.25) is 0 Å². The van der Waals surface area contributed by atoms with Gasteiger partial charge in [0.1, 0.15) is 11.9 Å². The van der Waals surface area contributed by atoms with Crippen molar-refractivity contribution < 1.29 is 14.3 Å². The highest BCUT2D eigenvalue weighted by Crippen LogP contribution is 2.16. The van der Waals surface area contributed by atoms with Gasteiger partial charge in [-0.2, -0.15) is 0 Å². The normalized spacial score (nSPS) is 20.9. The lowest BCUT2D eigenvalue weighted by atomic mass is 10.0. The van der Waals surface area contributed by atoms with E-state index in [1.807, 2.05) is 0 Å². The van der Waals surface area contributed by atoms with Crippen molar-refractivity contribution >= 4 is 11.8 Å². The Bertz CT molecular complexity index is 268. The fourth-order valence-electron chi connectivity index (χ4n) is 1.77. The summed E-state index contributed by atoms with van der Waals surface area (Å²) in [7, 11) is 0. The topological polar surface area (TPSA) is 43.4 Å². The van der Waals surface area contributed by atoms with Crippen LogP contribution in [0.1, 0.15) is 51.9 Å². The summed E-state index contributed by atoms with van der Waals surface area (Å²) in [4.78, 5) is 22.1. The number of hydrogen-bond acceptors (Lipinski definition) is 3. The Hall–Kier alpha value is -1.12. The van der Waals surface area contributed by atoms with E-state index in [4.69, 9.17) is 4.74 Å². The molecule has 3 heteroatoms. The van der Waals surface area contributed by atoms with Crippen LogP contribution in [-0.4, -0.2) is 17.9 Å². The summed E-state index contributed by atoms with van der Waals surface area (Å²) in [6.45, 7) is 1.49. The van der Waals surface area contributed by atoms with Gasteiger partial charge in [-0.25, -0.2) is 0 Å². The predicted octanol–water partition coefficient (Wildman–Crippen LogP) is 2.79. The Balaban J connectivity index is 2.26. The predicted molar refractivity (Wildman–Crippen MR) is 62.0 cm³/mol. The van der Waals surface area contributed by atoms with Gasteiger partial charge < -0.3 is 9.53 Å². The van der Waals surface area contributed by atoms with Crippen LogP contribution in [0.15, 0.2) is 12.2 Å². The third-order valence-corrected chi connectivity index (χ3v) is 2.70. The monoisotopic (exact) mass is 224 g/mol. The van der Waals surface area contributed by atoms with Crippen LogP contribution in [-0.2, 0) is 14.3 Å². The van der Waals surface area contributed by atoms with Crippen molar-refractivity contribution in [2.75, 3.05) is 0 Å². The lowest BCUT2D eigenvalue weighted by Gasteiger charge is -2.18. The smallest absolute Gasteiger partial charge is 0.306 e. The van der Waals surface area contributed by atoms with Crippen molar-refractivity contribution in [2.45, 2.75) is 58.0 Å². The molecule has 0 radical (unpaired) electrons. The average molecular weight is 224 g/mol. The van der Waals surface area contributed by atoms with Gasteiger partial charge in [0.15, 0.2) is 0 Å². The van der Waals surface area contributed by atoms with Crippen molar-refractivity contribution in [1.82, 2.24) is 0 Å². The molecule has 1 aliphatic rings. The molecule has 16 heavy (non-hydrogen) atoms. The minimum atomic E-state index is -0.232. The van der Waals surface area contributed by atoms with Gasteiger partial charge >= 0.3 is 5.97 Å². The van der Waals surface area contributed by atoms with E-state index in [-0.39, 0.29) is 24.3 Å². The molecule has 1 rings (SSSR count). The lowest BCUT2D eigenvalue weighted by Crippen LogP contribution is -2.19. The Labute approximate surface area is 96.9 Å². The average Bonchev–Trinajstić information content (AvgIpc) is 2.19. The second-order valence-corrected chi connectivity index (χ2v) is 4.29. The highest BCUT2D eigenvalue weighted by Gasteiger charge is 2.14. The highest BCUT2D eigenvalue weighted by molar-refractivity contribution is 5.81. The molecular formula is C13H20O3. The van der Waals surface area contributed by atoms with Crippen molar-refractivity contribution in [3.8, 4) is 0 Å². The van der Waals surface area contributed by atoms with Gasteiger partial charge in [0.05, 0.1) is 6.42 Å². The molecule has 0 aromatic carbocycles. The van der Waals surface area contributed by atoms with Gasteiger partial charge in [0, 0.05) is 6.42 Å². The van der Waals surface area contributed by atoms with E-state index in [0.29, 0.717) is 6.42 Å². The summed E-state index contributed by atoms with van der Waals surface area (Å²) < 4.78 is 5.35. The third-order valence-electron chi connectivity index (χ3n) is 2.70. The van der Waals surface area contributed by atoms with E-state index in [0.717, 1.165) is 32.1 Å². The molecule has 90 valence electrons. The lowest BCUT2D eigenvalue weighted by molar-refractivity contribution is -0.150. The zero-order valence-electron chi connectivity index (χ0n) is 9.91. The molecule has 0 heterocycles. The SMILES string of the molecule is CC(=O)CCC(=O)OC1CCC=CCCC1. The minimum absolute atomic E-state index is 0.0394. The van der Waals surface area contributed by atoms with Crippen molar-refractivity contribution in [3.63, 3.8) is 0 Å². The number of allylic oxidation sites excluding steroid dienone is 2. The van der Waals surface area contributed by atoms with Crippen molar-refractivity contribution in [3.05, 3.63) is 12.2 Å². The van der Waals surface area contributed by atoms with Crippen LogP contribution in [0.2, 0.25) is 0 Å². The molecule has 0 amide bonds. The standard InChI is InChI=1S/C13H20O3/c1-11(14)9-10-13(15)16-12-7-5-3-2-4-6-8-12/h2-3,12H,4-10H2,1H3. The first-order valence-corrected chi connectivity index (χ1v) is 6.02. The summed E-state index contributed by atoms with van der Waals surface area (Å²) in [6, 6.07) is 0. The Morgan fingerprint density at radius 3 is 2.69 bits per heavy atom. The molecule has 0 aliphatic heterocycles. The molecular weight excluding hydrogens is 204 g/mol. The van der Waals surface area contributed by atoms with Gasteiger partial charge in [-0.15, -0.1) is 0 Å². The largest absolute Gasteiger partial charge is 0.462 e. The first-order valence-electron chi connectivity index (χ1n) is 6.02. The molecule has 0 saturated carbocycles. The Kier molecular flexibility index (Phi) is 5.83. The summed E-state index contributed by atoms with van der Waals surface area (Å²) in [6.07, 6.45) is 9.87. The molecule has 0 aromatic rings. The number of ketones is 1. The number of carbonyl (C=O) groups is 2. The summed E-state index contributed by atoms with van der Waals surface area (Å²) in [5.74, 6) is -0.192. The van der Waals surface area contributed by atoms with Gasteiger partial charge in [0.25, 0.3) is 0 Å². The molecule has 0 bridgehead atoms. The molecule has 1 aliphatic carbocycles. The molecule has 0 saturated heterocycles. The maximum atomic E-state index is 11.4. The third kappa shape index (κ3) is 5.69. The van der Waals surface area contributed by atoms with Crippen LogP contribution >= 0.6 is 0 Å². The van der Waals surface area contributed by atoms with Crippen LogP contribution < -0.4 is 0 Å². The molecule has 3 nitrogen and oxygen atoms in total. The zero-order chi connectivity index (χ0) is 11.8. The zero-order valence-corrected chi connectivity index (χ0v) is 9.91. The van der Waals surface area contributed by atoms with E-state index >= 15 is 0 Å². The maximum absolute atomic E-state index is 11.4. The summed E-state index contributed by atoms with van der Waals surface area (Å²) >= 11 is 0. The first kappa shape index (κ1) is 12.9. The van der Waals surface area contributed by atoms with Gasteiger partial charge in [-0.05, 0) is 39.0 Å². The van der Waals surface area contributed by atoms with E-state index in [9.17, 15) is 9.59 Å². The quantitative estimate of drug-likeness (QED) is 0.544. The summed E-state index contributed by atoms with van der Waals surface area (Å²) in [5, 5.41) is 0. The van der Waals surface area contributed by atoms with Crippen LogP contribution in [0, 0.1) is 0 Å². The van der Waals surface area contributed by atoms with Crippen LogP contribution in [0.3, 0.4) is 0 Å². The molecule has 0 N–H and O–H groups in total. The van der Waals surface area contributed by atoms with Crippen LogP contribution in [0.25, 0.3) is 0 Å². The van der Waals surface area contributed by atoms with Gasteiger partial charge in [-0.1, -0.05) is 12.2 Å². The number of Topliss-reactive ketones (excluding diaryl/α,β-unsaturated/α-hetero) is 1. The molecule has 0 spiro atoms. The maximum Gasteiger partial charge on any atom is 0.306 e.